The Bertz CT molecular complexity index is 851. The number of rotatable bonds is 6. The van der Waals surface area contributed by atoms with Crippen LogP contribution < -0.4 is 5.32 Å². The molecule has 0 unspecified atom stereocenters. The summed E-state index contributed by atoms with van der Waals surface area (Å²) in [4.78, 5) is 12.3. The van der Waals surface area contributed by atoms with Crippen LogP contribution in [0.3, 0.4) is 0 Å². The molecule has 0 saturated heterocycles. The number of aromatic nitrogens is 2. The van der Waals surface area contributed by atoms with Crippen molar-refractivity contribution in [3.05, 3.63) is 84.2 Å². The second-order valence-corrected chi connectivity index (χ2v) is 6.73. The van der Waals surface area contributed by atoms with Crippen LogP contribution in [0.2, 0.25) is 0 Å². The predicted molar refractivity (Wildman–Crippen MR) is 97.6 cm³/mol. The Kier molecular flexibility index (Phi) is 4.10. The third-order valence-corrected chi connectivity index (χ3v) is 4.89. The molecule has 0 radical (unpaired) electrons. The normalized spacial score (nSPS) is 14.9. The van der Waals surface area contributed by atoms with Crippen LogP contribution in [-0.4, -0.2) is 22.2 Å². The molecule has 1 saturated carbocycles. The lowest BCUT2D eigenvalue weighted by Crippen LogP contribution is -2.33. The Hall–Kier alpha value is -2.88. The van der Waals surface area contributed by atoms with E-state index < -0.39 is 0 Å². The minimum atomic E-state index is 0.0508. The second-order valence-electron chi connectivity index (χ2n) is 6.73. The fraction of sp³-hybridized carbons (Fsp3) is 0.238. The minimum Gasteiger partial charge on any atom is -0.355 e. The van der Waals surface area contributed by atoms with Gasteiger partial charge in [-0.05, 0) is 36.1 Å². The van der Waals surface area contributed by atoms with Crippen molar-refractivity contribution < 1.29 is 4.79 Å². The fourth-order valence-corrected chi connectivity index (χ4v) is 3.20. The van der Waals surface area contributed by atoms with Crippen molar-refractivity contribution in [3.63, 3.8) is 0 Å². The molecule has 1 N–H and O–H groups in total. The second kappa shape index (κ2) is 6.55. The molecule has 1 aromatic heterocycles. The van der Waals surface area contributed by atoms with Crippen LogP contribution in [0.5, 0.6) is 0 Å². The van der Waals surface area contributed by atoms with E-state index in [1.807, 2.05) is 42.6 Å². The summed E-state index contributed by atoms with van der Waals surface area (Å²) in [7, 11) is 0. The first kappa shape index (κ1) is 15.6. The molecule has 0 bridgehead atoms. The maximum absolute atomic E-state index is 12.3. The molecule has 0 atom stereocenters. The Morgan fingerprint density at radius 2 is 1.72 bits per heavy atom. The average molecular weight is 331 g/mol. The van der Waals surface area contributed by atoms with Gasteiger partial charge >= 0.3 is 0 Å². The van der Waals surface area contributed by atoms with E-state index in [1.165, 1.54) is 5.56 Å². The van der Waals surface area contributed by atoms with Crippen LogP contribution >= 0.6 is 0 Å². The zero-order valence-corrected chi connectivity index (χ0v) is 14.1. The molecule has 126 valence electrons. The van der Waals surface area contributed by atoms with E-state index in [0.29, 0.717) is 13.0 Å². The lowest BCUT2D eigenvalue weighted by atomic mass is 9.96. The molecular weight excluding hydrogens is 310 g/mol. The molecular formula is C21H21N3O. The largest absolute Gasteiger partial charge is 0.355 e. The number of nitrogens with zero attached hydrogens (tertiary/aromatic N) is 2. The minimum absolute atomic E-state index is 0.0508. The molecule has 1 aliphatic rings. The Morgan fingerprint density at radius 1 is 1.04 bits per heavy atom. The van der Waals surface area contributed by atoms with Gasteiger partial charge < -0.3 is 5.32 Å². The van der Waals surface area contributed by atoms with E-state index in [-0.39, 0.29) is 11.3 Å². The molecule has 1 amide bonds. The van der Waals surface area contributed by atoms with Crippen LogP contribution in [0, 0.1) is 0 Å². The smallest absolute Gasteiger partial charge is 0.224 e. The van der Waals surface area contributed by atoms with Crippen LogP contribution in [0.4, 0.5) is 0 Å². The van der Waals surface area contributed by atoms with Crippen LogP contribution in [0.1, 0.15) is 24.0 Å². The topological polar surface area (TPSA) is 46.9 Å². The van der Waals surface area contributed by atoms with Gasteiger partial charge in [-0.25, -0.2) is 4.68 Å². The van der Waals surface area contributed by atoms with Gasteiger partial charge in [-0.1, -0.05) is 48.5 Å². The zero-order chi connectivity index (χ0) is 17.1. The number of benzene rings is 2. The van der Waals surface area contributed by atoms with Gasteiger partial charge in [0.15, 0.2) is 0 Å². The van der Waals surface area contributed by atoms with E-state index in [2.05, 4.69) is 34.7 Å². The number of para-hydroxylation sites is 1. The number of hydrogen-bond donors (Lipinski definition) is 1. The SMILES string of the molecule is O=C(Cc1cnn(-c2ccccc2)c1)NCC1(c2ccccc2)CC1. The molecule has 4 nitrogen and oxygen atoms in total. The molecule has 0 spiro atoms. The highest BCUT2D eigenvalue weighted by molar-refractivity contribution is 5.78. The summed E-state index contributed by atoms with van der Waals surface area (Å²) in [6.07, 6.45) is 6.32. The molecule has 1 aliphatic carbocycles. The maximum Gasteiger partial charge on any atom is 0.224 e. The van der Waals surface area contributed by atoms with Gasteiger partial charge in [0, 0.05) is 18.2 Å². The number of carbonyl (C=O) groups excluding carboxylic acids is 1. The van der Waals surface area contributed by atoms with E-state index in [0.717, 1.165) is 24.1 Å². The van der Waals surface area contributed by atoms with Gasteiger partial charge in [-0.2, -0.15) is 5.10 Å². The first-order valence-corrected chi connectivity index (χ1v) is 8.66. The summed E-state index contributed by atoms with van der Waals surface area (Å²) in [5.41, 5.74) is 3.39. The van der Waals surface area contributed by atoms with Gasteiger partial charge in [-0.3, -0.25) is 4.79 Å². The van der Waals surface area contributed by atoms with Gasteiger partial charge in [0.2, 0.25) is 5.91 Å². The Balaban J connectivity index is 1.35. The number of nitrogens with one attached hydrogen (secondary N) is 1. The van der Waals surface area contributed by atoms with Crippen molar-refractivity contribution in [1.29, 1.82) is 0 Å². The molecule has 0 aliphatic heterocycles. The highest BCUT2D eigenvalue weighted by atomic mass is 16.1. The lowest BCUT2D eigenvalue weighted by molar-refractivity contribution is -0.120. The average Bonchev–Trinajstić information content (AvgIpc) is 3.33. The van der Waals surface area contributed by atoms with Gasteiger partial charge in [0.05, 0.1) is 18.3 Å². The van der Waals surface area contributed by atoms with Crippen molar-refractivity contribution in [2.45, 2.75) is 24.7 Å². The van der Waals surface area contributed by atoms with Crippen molar-refractivity contribution in [1.82, 2.24) is 15.1 Å². The van der Waals surface area contributed by atoms with E-state index >= 15 is 0 Å². The van der Waals surface area contributed by atoms with Crippen molar-refractivity contribution >= 4 is 5.91 Å². The first-order chi connectivity index (χ1) is 12.3. The zero-order valence-electron chi connectivity index (χ0n) is 14.1. The first-order valence-electron chi connectivity index (χ1n) is 8.66. The predicted octanol–water partition coefficient (Wildman–Crippen LogP) is 3.26. The third-order valence-electron chi connectivity index (χ3n) is 4.89. The maximum atomic E-state index is 12.3. The summed E-state index contributed by atoms with van der Waals surface area (Å²) in [5.74, 6) is 0.0508. The monoisotopic (exact) mass is 331 g/mol. The molecule has 1 heterocycles. The quantitative estimate of drug-likeness (QED) is 0.753. The third kappa shape index (κ3) is 3.48. The van der Waals surface area contributed by atoms with Crippen LogP contribution in [0.15, 0.2) is 73.1 Å². The highest BCUT2D eigenvalue weighted by Crippen LogP contribution is 2.47. The lowest BCUT2D eigenvalue weighted by Gasteiger charge is -2.16. The van der Waals surface area contributed by atoms with Gasteiger partial charge in [0.1, 0.15) is 0 Å². The molecule has 4 heteroatoms. The summed E-state index contributed by atoms with van der Waals surface area (Å²) in [5, 5.41) is 7.45. The van der Waals surface area contributed by atoms with E-state index in [4.69, 9.17) is 0 Å². The number of carbonyl (C=O) groups is 1. The summed E-state index contributed by atoms with van der Waals surface area (Å²) in [6.45, 7) is 0.711. The van der Waals surface area contributed by atoms with Crippen molar-refractivity contribution in [2.75, 3.05) is 6.54 Å². The Morgan fingerprint density at radius 3 is 2.40 bits per heavy atom. The number of hydrogen-bond acceptors (Lipinski definition) is 2. The number of amides is 1. The summed E-state index contributed by atoms with van der Waals surface area (Å²) < 4.78 is 1.80. The van der Waals surface area contributed by atoms with Gasteiger partial charge in [-0.15, -0.1) is 0 Å². The summed E-state index contributed by atoms with van der Waals surface area (Å²) in [6, 6.07) is 20.4. The van der Waals surface area contributed by atoms with Crippen LogP contribution in [0.25, 0.3) is 5.69 Å². The molecule has 2 aromatic carbocycles. The van der Waals surface area contributed by atoms with Crippen molar-refractivity contribution in [3.8, 4) is 5.69 Å². The summed E-state index contributed by atoms with van der Waals surface area (Å²) >= 11 is 0. The fourth-order valence-electron chi connectivity index (χ4n) is 3.20. The van der Waals surface area contributed by atoms with E-state index in [9.17, 15) is 4.79 Å². The van der Waals surface area contributed by atoms with Crippen molar-refractivity contribution in [2.24, 2.45) is 0 Å². The molecule has 3 aromatic rings. The molecule has 1 fully saturated rings. The molecule has 25 heavy (non-hydrogen) atoms. The molecule has 4 rings (SSSR count). The van der Waals surface area contributed by atoms with Crippen LogP contribution in [-0.2, 0) is 16.6 Å². The van der Waals surface area contributed by atoms with E-state index in [1.54, 1.807) is 10.9 Å². The van der Waals surface area contributed by atoms with Gasteiger partial charge in [0.25, 0.3) is 0 Å². The standard InChI is InChI=1S/C21H21N3O/c25-20(22-16-21(11-12-21)18-7-3-1-4-8-18)13-17-14-23-24(15-17)19-9-5-2-6-10-19/h1-10,14-15H,11-13,16H2,(H,22,25). The Labute approximate surface area is 147 Å². The highest BCUT2D eigenvalue weighted by Gasteiger charge is 2.44.